The summed E-state index contributed by atoms with van der Waals surface area (Å²) in [5.74, 6) is -1.72. The van der Waals surface area contributed by atoms with Gasteiger partial charge in [0.1, 0.15) is 6.04 Å². The number of nitrogens with one attached hydrogen (secondary N) is 1. The molecule has 2 N–H and O–H groups in total. The summed E-state index contributed by atoms with van der Waals surface area (Å²) in [6.45, 7) is 3.23. The number of benzene rings is 2. The highest BCUT2D eigenvalue weighted by molar-refractivity contribution is 7.89. The molecule has 0 spiro atoms. The Hall–Kier alpha value is -2.45. The lowest BCUT2D eigenvalue weighted by Gasteiger charge is -2.20. The maximum Gasteiger partial charge on any atom is 0.326 e. The Balaban J connectivity index is 2.13. The van der Waals surface area contributed by atoms with Crippen LogP contribution in [0.15, 0.2) is 47.4 Å². The standard InChI is InChI=1S/C19H24N2O5S/c1-13(2)10-17(19(23)24)20-18(22)12-21(3)27(25,26)16-9-8-14-6-4-5-7-15(14)11-16/h4-9,11,13,17H,10,12H2,1-3H3,(H,20,22)(H,23,24)/t17-/m0/s1. The number of aliphatic carboxylic acids is 1. The highest BCUT2D eigenvalue weighted by Crippen LogP contribution is 2.21. The minimum Gasteiger partial charge on any atom is -0.480 e. The van der Waals surface area contributed by atoms with E-state index in [1.165, 1.54) is 13.1 Å². The summed E-state index contributed by atoms with van der Waals surface area (Å²) in [4.78, 5) is 23.5. The van der Waals surface area contributed by atoms with Crippen LogP contribution in [0, 0.1) is 5.92 Å². The second-order valence-electron chi connectivity index (χ2n) is 6.86. The van der Waals surface area contributed by atoms with Gasteiger partial charge in [0, 0.05) is 7.05 Å². The van der Waals surface area contributed by atoms with E-state index in [4.69, 9.17) is 0 Å². The number of carbonyl (C=O) groups is 2. The van der Waals surface area contributed by atoms with Crippen molar-refractivity contribution in [2.24, 2.45) is 5.92 Å². The average Bonchev–Trinajstić information content (AvgIpc) is 2.60. The van der Waals surface area contributed by atoms with Crippen LogP contribution in [0.2, 0.25) is 0 Å². The van der Waals surface area contributed by atoms with E-state index in [1.54, 1.807) is 12.1 Å². The summed E-state index contributed by atoms with van der Waals surface area (Å²) in [6, 6.07) is 11.1. The molecule has 0 saturated carbocycles. The van der Waals surface area contributed by atoms with Crippen LogP contribution in [0.1, 0.15) is 20.3 Å². The Morgan fingerprint density at radius 3 is 2.33 bits per heavy atom. The molecule has 0 aliphatic rings. The van der Waals surface area contributed by atoms with Gasteiger partial charge in [0.15, 0.2) is 0 Å². The lowest BCUT2D eigenvalue weighted by molar-refractivity contribution is -0.142. The average molecular weight is 392 g/mol. The van der Waals surface area contributed by atoms with Crippen LogP contribution in [0.25, 0.3) is 10.8 Å². The van der Waals surface area contributed by atoms with Crippen molar-refractivity contribution in [3.8, 4) is 0 Å². The number of amides is 1. The van der Waals surface area contributed by atoms with Gasteiger partial charge >= 0.3 is 5.97 Å². The number of hydrogen-bond donors (Lipinski definition) is 2. The van der Waals surface area contributed by atoms with Gasteiger partial charge in [0.05, 0.1) is 11.4 Å². The van der Waals surface area contributed by atoms with Gasteiger partial charge in [-0.1, -0.05) is 44.2 Å². The molecule has 0 bridgehead atoms. The van der Waals surface area contributed by atoms with Crippen LogP contribution in [-0.4, -0.2) is 49.3 Å². The predicted octanol–water partition coefficient (Wildman–Crippen LogP) is 2.08. The number of likely N-dealkylation sites (N-methyl/N-ethyl adjacent to an activating group) is 1. The predicted molar refractivity (Wildman–Crippen MR) is 103 cm³/mol. The van der Waals surface area contributed by atoms with E-state index >= 15 is 0 Å². The van der Waals surface area contributed by atoms with Gasteiger partial charge in [0.2, 0.25) is 15.9 Å². The first-order valence-corrected chi connectivity index (χ1v) is 10.0. The van der Waals surface area contributed by atoms with Crippen LogP contribution in [-0.2, 0) is 19.6 Å². The Labute approximate surface area is 159 Å². The number of carbonyl (C=O) groups excluding carboxylic acids is 1. The largest absolute Gasteiger partial charge is 0.480 e. The first-order valence-electron chi connectivity index (χ1n) is 8.58. The molecule has 0 fully saturated rings. The van der Waals surface area contributed by atoms with Gasteiger partial charge in [-0.25, -0.2) is 13.2 Å². The zero-order chi connectivity index (χ0) is 20.2. The number of carboxylic acids is 1. The molecule has 1 amide bonds. The molecule has 0 saturated heterocycles. The Morgan fingerprint density at radius 1 is 1.11 bits per heavy atom. The SMILES string of the molecule is CC(C)C[C@H](NC(=O)CN(C)S(=O)(=O)c1ccc2ccccc2c1)C(=O)O. The fourth-order valence-corrected chi connectivity index (χ4v) is 3.89. The molecular formula is C19H24N2O5S. The molecule has 0 aliphatic carbocycles. The van der Waals surface area contributed by atoms with Crippen LogP contribution in [0.4, 0.5) is 0 Å². The number of hydrogen-bond acceptors (Lipinski definition) is 4. The number of nitrogens with zero attached hydrogens (tertiary/aromatic N) is 1. The molecular weight excluding hydrogens is 368 g/mol. The minimum atomic E-state index is -3.88. The van der Waals surface area contributed by atoms with E-state index in [2.05, 4.69) is 5.32 Å². The van der Waals surface area contributed by atoms with Crippen molar-refractivity contribution in [1.29, 1.82) is 0 Å². The molecule has 0 aromatic heterocycles. The third-order valence-corrected chi connectivity index (χ3v) is 5.94. The first-order chi connectivity index (χ1) is 12.6. The Morgan fingerprint density at radius 2 is 1.74 bits per heavy atom. The molecule has 1 atom stereocenters. The molecule has 7 nitrogen and oxygen atoms in total. The number of rotatable bonds is 8. The molecule has 0 radical (unpaired) electrons. The lowest BCUT2D eigenvalue weighted by atomic mass is 10.0. The first kappa shape index (κ1) is 20.9. The van der Waals surface area contributed by atoms with Crippen molar-refractivity contribution >= 4 is 32.7 Å². The molecule has 0 heterocycles. The number of sulfonamides is 1. The van der Waals surface area contributed by atoms with Gasteiger partial charge in [-0.15, -0.1) is 0 Å². The van der Waals surface area contributed by atoms with Crippen molar-refractivity contribution < 1.29 is 23.1 Å². The van der Waals surface area contributed by atoms with E-state index in [0.29, 0.717) is 0 Å². The van der Waals surface area contributed by atoms with E-state index in [9.17, 15) is 23.1 Å². The zero-order valence-corrected chi connectivity index (χ0v) is 16.4. The van der Waals surface area contributed by atoms with Crippen molar-refractivity contribution in [3.63, 3.8) is 0 Å². The van der Waals surface area contributed by atoms with Crippen LogP contribution < -0.4 is 5.32 Å². The molecule has 0 unspecified atom stereocenters. The molecule has 27 heavy (non-hydrogen) atoms. The lowest BCUT2D eigenvalue weighted by Crippen LogP contribution is -2.46. The smallest absolute Gasteiger partial charge is 0.326 e. The molecule has 0 aliphatic heterocycles. The summed E-state index contributed by atoms with van der Waals surface area (Å²) in [5.41, 5.74) is 0. The minimum absolute atomic E-state index is 0.0745. The summed E-state index contributed by atoms with van der Waals surface area (Å²) < 4.78 is 26.4. The molecule has 146 valence electrons. The van der Waals surface area contributed by atoms with E-state index in [-0.39, 0.29) is 17.2 Å². The zero-order valence-electron chi connectivity index (χ0n) is 15.5. The summed E-state index contributed by atoms with van der Waals surface area (Å²) in [7, 11) is -2.59. The topological polar surface area (TPSA) is 104 Å². The fourth-order valence-electron chi connectivity index (χ4n) is 2.73. The third-order valence-electron chi connectivity index (χ3n) is 4.14. The summed E-state index contributed by atoms with van der Waals surface area (Å²) in [6.07, 6.45) is 0.266. The van der Waals surface area contributed by atoms with Crippen molar-refractivity contribution in [2.75, 3.05) is 13.6 Å². The summed E-state index contributed by atoms with van der Waals surface area (Å²) >= 11 is 0. The number of carboxylic acid groups (broad SMARTS) is 1. The Kier molecular flexibility index (Phi) is 6.56. The second-order valence-corrected chi connectivity index (χ2v) is 8.90. The van der Waals surface area contributed by atoms with Crippen molar-refractivity contribution in [1.82, 2.24) is 9.62 Å². The molecule has 8 heteroatoms. The summed E-state index contributed by atoms with van der Waals surface area (Å²) in [5, 5.41) is 13.3. The quantitative estimate of drug-likeness (QED) is 0.716. The highest BCUT2D eigenvalue weighted by atomic mass is 32.2. The molecule has 2 rings (SSSR count). The van der Waals surface area contributed by atoms with Crippen LogP contribution >= 0.6 is 0 Å². The van der Waals surface area contributed by atoms with E-state index in [0.717, 1.165) is 15.1 Å². The third kappa shape index (κ3) is 5.27. The second kappa shape index (κ2) is 8.49. The van der Waals surface area contributed by atoms with Crippen molar-refractivity contribution in [2.45, 2.75) is 31.2 Å². The molecule has 2 aromatic carbocycles. The van der Waals surface area contributed by atoms with Gasteiger partial charge in [-0.3, -0.25) is 4.79 Å². The van der Waals surface area contributed by atoms with Gasteiger partial charge in [0.25, 0.3) is 0 Å². The van der Waals surface area contributed by atoms with Crippen LogP contribution in [0.5, 0.6) is 0 Å². The Bertz CT molecular complexity index is 940. The van der Waals surface area contributed by atoms with Gasteiger partial charge < -0.3 is 10.4 Å². The van der Waals surface area contributed by atoms with E-state index < -0.39 is 34.5 Å². The normalized spacial score (nSPS) is 13.1. The highest BCUT2D eigenvalue weighted by Gasteiger charge is 2.26. The van der Waals surface area contributed by atoms with Gasteiger partial charge in [-0.2, -0.15) is 4.31 Å². The maximum atomic E-state index is 12.7. The monoisotopic (exact) mass is 392 g/mol. The van der Waals surface area contributed by atoms with E-state index in [1.807, 2.05) is 38.1 Å². The van der Waals surface area contributed by atoms with Crippen molar-refractivity contribution in [3.05, 3.63) is 42.5 Å². The molecule has 2 aromatic rings. The van der Waals surface area contributed by atoms with Gasteiger partial charge in [-0.05, 0) is 35.2 Å². The fraction of sp³-hybridized carbons (Fsp3) is 0.368. The maximum absolute atomic E-state index is 12.7. The van der Waals surface area contributed by atoms with Crippen LogP contribution in [0.3, 0.4) is 0 Å². The number of fused-ring (bicyclic) bond motifs is 1.